The summed E-state index contributed by atoms with van der Waals surface area (Å²) in [6.45, 7) is 6.21. The minimum absolute atomic E-state index is 1.14. The van der Waals surface area contributed by atoms with Crippen LogP contribution in [-0.2, 0) is 0 Å². The molecule has 0 aromatic heterocycles. The van der Waals surface area contributed by atoms with Crippen LogP contribution in [0.3, 0.4) is 0 Å². The molecule has 0 aliphatic heterocycles. The highest BCUT2D eigenvalue weighted by Gasteiger charge is 2.02. The van der Waals surface area contributed by atoms with E-state index >= 15 is 0 Å². The largest absolute Gasteiger partial charge is 0.0968 e. The molecule has 0 bridgehead atoms. The molecule has 63 valence electrons. The van der Waals surface area contributed by atoms with Gasteiger partial charge in [0, 0.05) is 7.74 Å². The van der Waals surface area contributed by atoms with Gasteiger partial charge in [-0.05, 0) is 31.9 Å². The fourth-order valence-electron chi connectivity index (χ4n) is 1.40. The topological polar surface area (TPSA) is 0 Å². The molecule has 1 rings (SSSR count). The number of allylic oxidation sites excluding steroid dienone is 1. The van der Waals surface area contributed by atoms with Gasteiger partial charge in [-0.25, -0.2) is 0 Å². The molecule has 0 atom stereocenters. The Balaban J connectivity index is 3.29. The second-order valence-corrected chi connectivity index (χ2v) is 3.18. The van der Waals surface area contributed by atoms with Gasteiger partial charge in [0.2, 0.25) is 0 Å². The van der Waals surface area contributed by atoms with Gasteiger partial charge in [-0.2, -0.15) is 0 Å². The Hall–Kier alpha value is -0.910. The summed E-state index contributed by atoms with van der Waals surface area (Å²) in [5.41, 5.74) is 4.87. The molecule has 0 saturated carbocycles. The number of rotatable bonds is 2. The summed E-state index contributed by atoms with van der Waals surface area (Å²) >= 11 is 0. The van der Waals surface area contributed by atoms with Crippen LogP contribution in [0.15, 0.2) is 18.2 Å². The van der Waals surface area contributed by atoms with E-state index in [1.54, 1.807) is 7.17 Å². The molecule has 0 fully saturated rings. The van der Waals surface area contributed by atoms with E-state index in [-0.39, 0.29) is 0 Å². The van der Waals surface area contributed by atoms with Crippen LogP contribution in [0.4, 0.5) is 0 Å². The van der Waals surface area contributed by atoms with Gasteiger partial charge >= 0.3 is 0 Å². The molecule has 13 heavy (non-hydrogen) atoms. The van der Waals surface area contributed by atoms with E-state index in [1.165, 1.54) is 16.7 Å². The van der Waals surface area contributed by atoms with E-state index < -0.39 is 0 Å². The SMILES string of the molecule is [B][B]c1c(/C=C/C)ccc(C)c1C. The van der Waals surface area contributed by atoms with Gasteiger partial charge in [-0.1, -0.05) is 35.3 Å². The predicted molar refractivity (Wildman–Crippen MR) is 61.8 cm³/mol. The van der Waals surface area contributed by atoms with Crippen LogP contribution in [0.2, 0.25) is 0 Å². The van der Waals surface area contributed by atoms with Gasteiger partial charge < -0.3 is 0 Å². The average Bonchev–Trinajstić information content (AvgIpc) is 2.12. The minimum atomic E-state index is 1.14. The summed E-state index contributed by atoms with van der Waals surface area (Å²) < 4.78 is 0. The van der Waals surface area contributed by atoms with Crippen molar-refractivity contribution in [3.05, 3.63) is 34.9 Å². The highest BCUT2D eigenvalue weighted by molar-refractivity contribution is 6.98. The van der Waals surface area contributed by atoms with Crippen LogP contribution in [0.5, 0.6) is 0 Å². The summed E-state index contributed by atoms with van der Waals surface area (Å²) in [7, 11) is 7.27. The smallest absolute Gasteiger partial charge is 0.0878 e. The first kappa shape index (κ1) is 10.2. The molecule has 0 nitrogen and oxygen atoms in total. The molecule has 0 spiro atoms. The lowest BCUT2D eigenvalue weighted by Crippen LogP contribution is -2.22. The Morgan fingerprint density at radius 2 is 2.00 bits per heavy atom. The lowest BCUT2D eigenvalue weighted by atomic mass is 9.49. The van der Waals surface area contributed by atoms with Crippen molar-refractivity contribution >= 4 is 26.4 Å². The van der Waals surface area contributed by atoms with Crippen molar-refractivity contribution in [2.45, 2.75) is 20.8 Å². The summed E-state index contributed by atoms with van der Waals surface area (Å²) in [6, 6.07) is 4.22. The summed E-state index contributed by atoms with van der Waals surface area (Å²) in [6.07, 6.45) is 4.10. The van der Waals surface area contributed by atoms with Gasteiger partial charge in [-0.3, -0.25) is 0 Å². The number of benzene rings is 1. The number of aryl methyl sites for hydroxylation is 1. The highest BCUT2D eigenvalue weighted by Crippen LogP contribution is 2.08. The average molecular weight is 167 g/mol. The van der Waals surface area contributed by atoms with Crippen molar-refractivity contribution in [1.82, 2.24) is 0 Å². The quantitative estimate of drug-likeness (QED) is 0.588. The Kier molecular flexibility index (Phi) is 3.41. The van der Waals surface area contributed by atoms with Crippen LogP contribution < -0.4 is 5.46 Å². The van der Waals surface area contributed by atoms with Crippen molar-refractivity contribution in [1.29, 1.82) is 0 Å². The summed E-state index contributed by atoms with van der Waals surface area (Å²) in [5.74, 6) is 0. The molecule has 0 unspecified atom stereocenters. The van der Waals surface area contributed by atoms with E-state index in [9.17, 15) is 0 Å². The van der Waals surface area contributed by atoms with Crippen LogP contribution in [-0.4, -0.2) is 14.9 Å². The van der Waals surface area contributed by atoms with E-state index in [0.29, 0.717) is 0 Å². The van der Waals surface area contributed by atoms with Gasteiger partial charge in [0.15, 0.2) is 0 Å². The lowest BCUT2D eigenvalue weighted by Gasteiger charge is -2.10. The molecule has 0 saturated heterocycles. The fourth-order valence-corrected chi connectivity index (χ4v) is 1.40. The molecule has 3 radical (unpaired) electrons. The minimum Gasteiger partial charge on any atom is -0.0878 e. The molecular formula is C11H13B2. The monoisotopic (exact) mass is 167 g/mol. The molecule has 0 N–H and O–H groups in total. The van der Waals surface area contributed by atoms with Gasteiger partial charge in [0.1, 0.15) is 0 Å². The first-order valence-corrected chi connectivity index (χ1v) is 4.48. The van der Waals surface area contributed by atoms with E-state index in [4.69, 9.17) is 7.74 Å². The van der Waals surface area contributed by atoms with Crippen molar-refractivity contribution in [2.75, 3.05) is 0 Å². The van der Waals surface area contributed by atoms with Crippen LogP contribution in [0, 0.1) is 13.8 Å². The molecular weight excluding hydrogens is 154 g/mol. The second-order valence-electron chi connectivity index (χ2n) is 3.18. The van der Waals surface area contributed by atoms with Crippen molar-refractivity contribution < 1.29 is 0 Å². The van der Waals surface area contributed by atoms with Crippen LogP contribution >= 0.6 is 0 Å². The zero-order valence-electron chi connectivity index (χ0n) is 8.46. The third-order valence-electron chi connectivity index (χ3n) is 2.33. The Morgan fingerprint density at radius 3 is 2.54 bits per heavy atom. The zero-order chi connectivity index (χ0) is 9.84. The Bertz CT molecular complexity index is 327. The highest BCUT2D eigenvalue weighted by atomic mass is 14.0. The number of hydrogen-bond acceptors (Lipinski definition) is 0. The third kappa shape index (κ3) is 2.06. The molecule has 0 amide bonds. The predicted octanol–water partition coefficient (Wildman–Crippen LogP) is 1.75. The van der Waals surface area contributed by atoms with E-state index in [0.717, 1.165) is 5.46 Å². The summed E-state index contributed by atoms with van der Waals surface area (Å²) in [4.78, 5) is 0. The van der Waals surface area contributed by atoms with Gasteiger partial charge in [0.25, 0.3) is 0 Å². The molecule has 0 aliphatic rings. The van der Waals surface area contributed by atoms with Crippen molar-refractivity contribution in [3.8, 4) is 0 Å². The Morgan fingerprint density at radius 1 is 1.31 bits per heavy atom. The van der Waals surface area contributed by atoms with Gasteiger partial charge in [-0.15, -0.1) is 0 Å². The summed E-state index contributed by atoms with van der Waals surface area (Å²) in [5, 5.41) is 0. The first-order chi connectivity index (χ1) is 6.20. The zero-order valence-corrected chi connectivity index (χ0v) is 8.46. The lowest BCUT2D eigenvalue weighted by molar-refractivity contribution is 1.36. The van der Waals surface area contributed by atoms with Crippen molar-refractivity contribution in [3.63, 3.8) is 0 Å². The standard InChI is InChI=1S/C11H13B2/c1-4-5-10-7-6-8(2)9(3)11(10)13-12/h4-7H,1-3H3/b5-4+. The van der Waals surface area contributed by atoms with E-state index in [1.807, 2.05) is 13.0 Å². The molecule has 0 heterocycles. The third-order valence-corrected chi connectivity index (χ3v) is 2.33. The second kappa shape index (κ2) is 4.36. The fraction of sp³-hybridized carbons (Fsp3) is 0.273. The maximum Gasteiger partial charge on any atom is 0.0968 e. The van der Waals surface area contributed by atoms with Crippen LogP contribution in [0.25, 0.3) is 6.08 Å². The molecule has 0 aliphatic carbocycles. The van der Waals surface area contributed by atoms with Gasteiger partial charge in [0.05, 0.1) is 7.17 Å². The maximum absolute atomic E-state index is 5.59. The van der Waals surface area contributed by atoms with Crippen LogP contribution in [0.1, 0.15) is 23.6 Å². The molecule has 1 aromatic carbocycles. The maximum atomic E-state index is 5.59. The van der Waals surface area contributed by atoms with Crippen molar-refractivity contribution in [2.24, 2.45) is 0 Å². The number of hydrogen-bond donors (Lipinski definition) is 0. The van der Waals surface area contributed by atoms with E-state index in [2.05, 4.69) is 32.1 Å². The Labute approximate surface area is 82.7 Å². The molecule has 1 aromatic rings. The first-order valence-electron chi connectivity index (χ1n) is 4.48. The molecule has 2 heteroatoms. The normalized spacial score (nSPS) is 10.7.